The number of aliphatic hydroxyl groups excluding tert-OH is 13. The van der Waals surface area contributed by atoms with E-state index in [2.05, 4.69) is 37.2 Å². The molecule has 36 heteroatoms. The lowest BCUT2D eigenvalue weighted by Gasteiger charge is -2.46. The lowest BCUT2D eigenvalue weighted by Crippen LogP contribution is -2.69. The van der Waals surface area contributed by atoms with Crippen LogP contribution in [0.1, 0.15) is 43.7 Å². The molecule has 2 aromatic carbocycles. The zero-order valence-corrected chi connectivity index (χ0v) is 49.7. The predicted molar refractivity (Wildman–Crippen MR) is 309 cm³/mol. The second-order valence-corrected chi connectivity index (χ2v) is 22.7. The highest BCUT2D eigenvalue weighted by Crippen LogP contribution is 2.33. The van der Waals surface area contributed by atoms with Crippen molar-refractivity contribution in [1.82, 2.24) is 42.1 Å². The van der Waals surface area contributed by atoms with Crippen LogP contribution in [-0.2, 0) is 58.9 Å². The Hall–Kier alpha value is -6.92. The van der Waals surface area contributed by atoms with E-state index in [1.54, 1.807) is 44.2 Å². The molecule has 0 saturated carbocycles. The summed E-state index contributed by atoms with van der Waals surface area (Å²) in [5, 5.41) is 174. The van der Waals surface area contributed by atoms with E-state index in [0.29, 0.717) is 12.0 Å². The van der Waals surface area contributed by atoms with E-state index < -0.39 is 227 Å². The molecular weight excluding hydrogens is 1230 g/mol. The number of nitrogens with two attached hydrogens (primary N) is 1. The van der Waals surface area contributed by atoms with Gasteiger partial charge < -0.3 is 143 Å². The first kappa shape index (κ1) is 72.5. The van der Waals surface area contributed by atoms with Crippen molar-refractivity contribution in [2.45, 2.75) is 186 Å². The highest BCUT2D eigenvalue weighted by Gasteiger charge is 2.55. The molecule has 511 valence electrons. The van der Waals surface area contributed by atoms with Crippen LogP contribution < -0.4 is 47.7 Å². The SMILES string of the molecule is CCCC(=O)OC1C(OC2C(CO)OC(Oc3ccc(C[C@H](NC(=O)[C@@H](N)C(C)c4ccccc4)C(=O)N[C@H](C(=O)N[C@H](C(=O)N[C@H]([C]=O)CO)C(O)C4CNC(=N)N4C4OC(CO)C(O)C(O)C4O)C(O)C4CNC(=N)N4)cc3)C(O)C2O)OC(CO)C(O)C1O. The van der Waals surface area contributed by atoms with Crippen molar-refractivity contribution in [2.75, 3.05) is 39.5 Å². The lowest BCUT2D eigenvalue weighted by molar-refractivity contribution is -0.353. The molecule has 25 atom stereocenters. The van der Waals surface area contributed by atoms with Gasteiger partial charge in [-0.25, -0.2) is 0 Å². The normalized spacial score (nSPS) is 32.3. The third-order valence-electron chi connectivity index (χ3n) is 16.4. The number of aliphatic hydroxyl groups is 13. The molecule has 0 aliphatic carbocycles. The standard InChI is InChI=1S/C56H82N11O25/c1-3-7-33(73)91-47-42(79)40(77)31(20-71)89-54(47)92-46-32(21-72)90-53(45(82)43(46)80)87-26-12-10-23(11-13-26)14-27(63-49(84)34(57)22(2)24-8-5-4-6-9-24)48(83)65-35(37(74)28-15-60-55(58)64-28)51(86)66-36(50(85)62-25(17-68)18-69)38(75)29-16-61-56(59)67(29)52-44(81)41(78)39(76)30(19-70)88-52/h4-6,8-13,22,25,27-32,34-47,52-54,68,70-72,74-82H,3,7,14-17,19-21,57H2,1-2H3,(H2,59,61)(H,62,85)(H,63,84)(H,65,83)(H,66,86)(H3,58,60,64)/t22?,25-,27-,28?,29?,30?,31?,32?,34-,35-,36-,37?,38?,39?,40?,41?,42?,43?,44?,45?,46?,47?,52?,53?,54?/m0/s1. The number of amides is 4. The molecule has 5 aliphatic rings. The van der Waals surface area contributed by atoms with Crippen molar-refractivity contribution in [3.63, 3.8) is 0 Å². The zero-order chi connectivity index (χ0) is 67.4. The Morgan fingerprint density at radius 3 is 1.90 bits per heavy atom. The molecule has 0 aromatic heterocycles. The summed E-state index contributed by atoms with van der Waals surface area (Å²) in [4.78, 5) is 83.2. The molecule has 24 N–H and O–H groups in total. The topological polar surface area (TPSA) is 582 Å². The average molecular weight is 1310 g/mol. The van der Waals surface area contributed by atoms with Gasteiger partial charge >= 0.3 is 5.97 Å². The molecule has 5 saturated heterocycles. The van der Waals surface area contributed by atoms with Crippen LogP contribution in [-0.4, -0.2) is 305 Å². The molecule has 4 amide bonds. The Bertz CT molecular complexity index is 2820. The summed E-state index contributed by atoms with van der Waals surface area (Å²) in [5.41, 5.74) is 7.38. The Kier molecular flexibility index (Phi) is 25.8. The highest BCUT2D eigenvalue weighted by molar-refractivity contribution is 5.96. The van der Waals surface area contributed by atoms with E-state index >= 15 is 0 Å². The summed E-state index contributed by atoms with van der Waals surface area (Å²) in [6.07, 6.45) is -29.9. The first-order chi connectivity index (χ1) is 43.8. The lowest BCUT2D eigenvalue weighted by atomic mass is 9.93. The molecule has 0 bridgehead atoms. The van der Waals surface area contributed by atoms with Crippen molar-refractivity contribution in [3.05, 3.63) is 65.7 Å². The van der Waals surface area contributed by atoms with Crippen molar-refractivity contribution in [2.24, 2.45) is 5.73 Å². The number of nitrogens with one attached hydrogen (secondary N) is 9. The number of ether oxygens (including phenoxy) is 6. The van der Waals surface area contributed by atoms with Gasteiger partial charge in [-0.2, -0.15) is 0 Å². The fraction of sp³-hybridized carbons (Fsp3) is 0.643. The largest absolute Gasteiger partial charge is 0.462 e. The van der Waals surface area contributed by atoms with Crippen molar-refractivity contribution >= 4 is 47.8 Å². The molecule has 1 radical (unpaired) electrons. The number of rotatable bonds is 29. The second kappa shape index (κ2) is 32.8. The Morgan fingerprint density at radius 2 is 1.29 bits per heavy atom. The van der Waals surface area contributed by atoms with E-state index in [9.17, 15) is 95.2 Å². The van der Waals surface area contributed by atoms with E-state index in [-0.39, 0.29) is 30.2 Å². The first-order valence-corrected chi connectivity index (χ1v) is 29.5. The fourth-order valence-corrected chi connectivity index (χ4v) is 11.0. The van der Waals surface area contributed by atoms with Crippen molar-refractivity contribution < 1.29 is 124 Å². The number of carbonyl (C=O) groups is 5. The number of nitrogens with zero attached hydrogens (tertiary/aromatic N) is 1. The first-order valence-electron chi connectivity index (χ1n) is 29.5. The van der Waals surface area contributed by atoms with Gasteiger partial charge in [0.2, 0.25) is 36.2 Å². The van der Waals surface area contributed by atoms with Crippen LogP contribution in [0.25, 0.3) is 0 Å². The Balaban J connectivity index is 1.15. The third kappa shape index (κ3) is 16.9. The van der Waals surface area contributed by atoms with Gasteiger partial charge in [0.1, 0.15) is 109 Å². The van der Waals surface area contributed by atoms with Gasteiger partial charge in [0, 0.05) is 31.8 Å². The number of carbonyl (C=O) groups excluding carboxylic acids is 6. The van der Waals surface area contributed by atoms with E-state index in [1.165, 1.54) is 30.6 Å². The van der Waals surface area contributed by atoms with Gasteiger partial charge in [-0.05, 0) is 29.7 Å². The third-order valence-corrected chi connectivity index (χ3v) is 16.4. The number of benzene rings is 2. The zero-order valence-electron chi connectivity index (χ0n) is 49.7. The van der Waals surface area contributed by atoms with Crippen LogP contribution in [0, 0.1) is 10.8 Å². The number of hydrogen-bond donors (Lipinski definition) is 23. The summed E-state index contributed by atoms with van der Waals surface area (Å²) in [6.45, 7) is -1.05. The quantitative estimate of drug-likeness (QED) is 0.0336. The van der Waals surface area contributed by atoms with E-state index in [1.807, 2.05) is 0 Å². The van der Waals surface area contributed by atoms with E-state index in [0.717, 1.165) is 4.90 Å². The molecule has 92 heavy (non-hydrogen) atoms. The van der Waals surface area contributed by atoms with Crippen LogP contribution in [0.3, 0.4) is 0 Å². The van der Waals surface area contributed by atoms with Crippen molar-refractivity contribution in [1.29, 1.82) is 10.8 Å². The summed E-state index contributed by atoms with van der Waals surface area (Å²) in [6, 6.07) is 1.78. The maximum atomic E-state index is 14.9. The molecule has 5 aliphatic heterocycles. The van der Waals surface area contributed by atoms with Gasteiger partial charge in [0.25, 0.3) is 0 Å². The summed E-state index contributed by atoms with van der Waals surface area (Å²) >= 11 is 0. The number of guanidine groups is 2. The smallest absolute Gasteiger partial charge is 0.306 e. The Labute approximate surface area is 525 Å². The minimum absolute atomic E-state index is 0.0621. The molecule has 7 rings (SSSR count). The summed E-state index contributed by atoms with van der Waals surface area (Å²) < 4.78 is 34.2. The van der Waals surface area contributed by atoms with Gasteiger partial charge in [0.15, 0.2) is 30.5 Å². The molecule has 36 nitrogen and oxygen atoms in total. The Morgan fingerprint density at radius 1 is 0.696 bits per heavy atom. The highest BCUT2D eigenvalue weighted by atomic mass is 16.7. The van der Waals surface area contributed by atoms with Crippen LogP contribution in [0.15, 0.2) is 54.6 Å². The van der Waals surface area contributed by atoms with Crippen LogP contribution in [0.4, 0.5) is 0 Å². The number of esters is 1. The fourth-order valence-electron chi connectivity index (χ4n) is 11.0. The summed E-state index contributed by atoms with van der Waals surface area (Å²) in [5.74, 6) is -7.40. The molecule has 5 fully saturated rings. The maximum absolute atomic E-state index is 14.9. The number of hydrogen-bond acceptors (Lipinski definition) is 28. The van der Waals surface area contributed by atoms with Gasteiger partial charge in [-0.15, -0.1) is 0 Å². The van der Waals surface area contributed by atoms with Crippen LogP contribution >= 0.6 is 0 Å². The van der Waals surface area contributed by atoms with Crippen molar-refractivity contribution in [3.8, 4) is 5.75 Å². The van der Waals surface area contributed by atoms with Crippen LogP contribution in [0.2, 0.25) is 0 Å². The van der Waals surface area contributed by atoms with Gasteiger partial charge in [-0.3, -0.25) is 39.6 Å². The molecule has 2 aromatic rings. The summed E-state index contributed by atoms with van der Waals surface area (Å²) in [7, 11) is 0. The van der Waals surface area contributed by atoms with E-state index in [4.69, 9.17) is 45.0 Å². The predicted octanol–water partition coefficient (Wildman–Crippen LogP) is -11.0. The maximum Gasteiger partial charge on any atom is 0.306 e. The van der Waals surface area contributed by atoms with Crippen LogP contribution in [0.5, 0.6) is 5.75 Å². The van der Waals surface area contributed by atoms with Gasteiger partial charge in [0.05, 0.1) is 44.6 Å². The monoisotopic (exact) mass is 1310 g/mol. The second-order valence-electron chi connectivity index (χ2n) is 22.7. The molecule has 5 heterocycles. The average Bonchev–Trinajstić information content (AvgIpc) is 1.50. The molecular formula is C56H82N11O25. The molecule has 0 spiro atoms. The minimum atomic E-state index is -2.30. The minimum Gasteiger partial charge on any atom is -0.462 e. The van der Waals surface area contributed by atoms with Gasteiger partial charge in [-0.1, -0.05) is 56.3 Å². The molecule has 20 unspecified atom stereocenters.